The fraction of sp³-hybridized carbons (Fsp3) is 0.250. The highest BCUT2D eigenvalue weighted by molar-refractivity contribution is 5.84. The van der Waals surface area contributed by atoms with E-state index in [1.54, 1.807) is 48.0 Å². The van der Waals surface area contributed by atoms with E-state index in [1.807, 2.05) is 6.92 Å². The van der Waals surface area contributed by atoms with Crippen molar-refractivity contribution in [2.24, 2.45) is 7.05 Å². The monoisotopic (exact) mass is 539 g/mol. The van der Waals surface area contributed by atoms with E-state index in [9.17, 15) is 22.7 Å². The molecule has 39 heavy (non-hydrogen) atoms. The van der Waals surface area contributed by atoms with E-state index in [-0.39, 0.29) is 30.1 Å². The average Bonchev–Trinajstić information content (AvgIpc) is 3.53. The van der Waals surface area contributed by atoms with Gasteiger partial charge in [-0.2, -0.15) is 13.2 Å². The molecule has 0 fully saturated rings. The van der Waals surface area contributed by atoms with Crippen LogP contribution in [0.15, 0.2) is 65.3 Å². The number of benzene rings is 3. The number of alkyl halides is 3. The van der Waals surface area contributed by atoms with E-state index in [0.717, 1.165) is 6.07 Å². The van der Waals surface area contributed by atoms with Crippen molar-refractivity contribution in [2.45, 2.75) is 32.2 Å². The van der Waals surface area contributed by atoms with E-state index in [2.05, 4.69) is 20.5 Å². The van der Waals surface area contributed by atoms with E-state index in [4.69, 9.17) is 4.42 Å². The molecule has 5 aromatic rings. The van der Waals surface area contributed by atoms with Crippen LogP contribution in [0, 0.1) is 5.82 Å². The van der Waals surface area contributed by atoms with Crippen molar-refractivity contribution < 1.29 is 27.1 Å². The number of oxazole rings is 1. The predicted octanol–water partition coefficient (Wildman–Crippen LogP) is 5.98. The van der Waals surface area contributed by atoms with Gasteiger partial charge in [-0.15, -0.1) is 10.2 Å². The molecule has 0 aliphatic carbocycles. The molecule has 0 aliphatic heterocycles. The Morgan fingerprint density at radius 2 is 1.85 bits per heavy atom. The Balaban J connectivity index is 1.55. The van der Waals surface area contributed by atoms with E-state index in [1.165, 1.54) is 18.5 Å². The molecule has 2 N–H and O–H groups in total. The smallest absolute Gasteiger partial charge is 0.420 e. The van der Waals surface area contributed by atoms with Gasteiger partial charge < -0.3 is 19.4 Å². The minimum absolute atomic E-state index is 0.0196. The van der Waals surface area contributed by atoms with Crippen molar-refractivity contribution in [2.75, 3.05) is 6.54 Å². The summed E-state index contributed by atoms with van der Waals surface area (Å²) in [6.45, 7) is 2.20. The van der Waals surface area contributed by atoms with Crippen LogP contribution >= 0.6 is 0 Å². The molecular weight excluding hydrogens is 514 g/mol. The first-order chi connectivity index (χ1) is 18.6. The second-order valence-corrected chi connectivity index (χ2v) is 9.24. The molecular formula is C28H25F4N5O2. The van der Waals surface area contributed by atoms with Crippen LogP contribution in [0.25, 0.3) is 45.1 Å². The number of fused-ring (bicyclic) bond motifs is 1. The van der Waals surface area contributed by atoms with Crippen LogP contribution in [0.3, 0.4) is 0 Å². The zero-order chi connectivity index (χ0) is 27.7. The van der Waals surface area contributed by atoms with Crippen molar-refractivity contribution in [3.05, 3.63) is 77.9 Å². The average molecular weight is 540 g/mol. The maximum Gasteiger partial charge on any atom is 0.420 e. The minimum atomic E-state index is -4.66. The van der Waals surface area contributed by atoms with Gasteiger partial charge in [0.05, 0.1) is 6.10 Å². The lowest BCUT2D eigenvalue weighted by atomic mass is 9.97. The number of hydrogen-bond donors (Lipinski definition) is 2. The molecule has 0 bridgehead atoms. The number of halogens is 4. The number of aryl methyl sites for hydroxylation is 1. The van der Waals surface area contributed by atoms with Crippen LogP contribution in [-0.2, 0) is 19.8 Å². The summed E-state index contributed by atoms with van der Waals surface area (Å²) >= 11 is 0. The molecule has 1 atom stereocenters. The van der Waals surface area contributed by atoms with Gasteiger partial charge in [-0.05, 0) is 59.5 Å². The van der Waals surface area contributed by atoms with Crippen LogP contribution in [0.1, 0.15) is 24.5 Å². The van der Waals surface area contributed by atoms with Crippen molar-refractivity contribution in [3.8, 4) is 34.0 Å². The zero-order valence-corrected chi connectivity index (χ0v) is 21.1. The summed E-state index contributed by atoms with van der Waals surface area (Å²) in [6.07, 6.45) is -3.21. The van der Waals surface area contributed by atoms with Gasteiger partial charge in [0.1, 0.15) is 23.2 Å². The molecule has 11 heteroatoms. The second-order valence-electron chi connectivity index (χ2n) is 9.24. The quantitative estimate of drug-likeness (QED) is 0.236. The summed E-state index contributed by atoms with van der Waals surface area (Å²) < 4.78 is 63.4. The highest BCUT2D eigenvalue weighted by Gasteiger charge is 2.35. The number of nitrogens with zero attached hydrogens (tertiary/aromatic N) is 4. The first-order valence-corrected chi connectivity index (χ1v) is 12.3. The van der Waals surface area contributed by atoms with Gasteiger partial charge in [0, 0.05) is 31.3 Å². The van der Waals surface area contributed by atoms with Crippen molar-refractivity contribution in [3.63, 3.8) is 0 Å². The third kappa shape index (κ3) is 5.55. The third-order valence-electron chi connectivity index (χ3n) is 6.39. The van der Waals surface area contributed by atoms with Gasteiger partial charge in [0.2, 0.25) is 5.89 Å². The Hall–Kier alpha value is -4.09. The van der Waals surface area contributed by atoms with Gasteiger partial charge in [0.15, 0.2) is 11.4 Å². The number of aromatic nitrogens is 4. The van der Waals surface area contributed by atoms with Crippen LogP contribution in [0.2, 0.25) is 0 Å². The topological polar surface area (TPSA) is 89.0 Å². The summed E-state index contributed by atoms with van der Waals surface area (Å²) in [6, 6.07) is 13.8. The molecule has 7 nitrogen and oxygen atoms in total. The zero-order valence-electron chi connectivity index (χ0n) is 21.1. The normalized spacial score (nSPS) is 12.8. The highest BCUT2D eigenvalue weighted by Crippen LogP contribution is 2.39. The number of rotatable bonds is 8. The van der Waals surface area contributed by atoms with Crippen LogP contribution in [-0.4, -0.2) is 37.5 Å². The Bertz CT molecular complexity index is 1630. The Morgan fingerprint density at radius 1 is 1.05 bits per heavy atom. The van der Waals surface area contributed by atoms with Crippen molar-refractivity contribution in [1.82, 2.24) is 25.1 Å². The van der Waals surface area contributed by atoms with Gasteiger partial charge in [-0.25, -0.2) is 9.37 Å². The van der Waals surface area contributed by atoms with E-state index in [0.29, 0.717) is 40.1 Å². The lowest BCUT2D eigenvalue weighted by Gasteiger charge is -2.12. The number of hydrogen-bond acceptors (Lipinski definition) is 6. The fourth-order valence-corrected chi connectivity index (χ4v) is 4.35. The van der Waals surface area contributed by atoms with E-state index < -0.39 is 23.7 Å². The van der Waals surface area contributed by atoms with Gasteiger partial charge in [-0.3, -0.25) is 0 Å². The Labute approximate surface area is 221 Å². The summed E-state index contributed by atoms with van der Waals surface area (Å²) in [7, 11) is 1.74. The molecule has 0 amide bonds. The number of aliphatic hydroxyl groups is 1. The molecule has 0 aliphatic rings. The molecule has 5 rings (SSSR count). The first kappa shape index (κ1) is 26.5. The highest BCUT2D eigenvalue weighted by atomic mass is 19.4. The van der Waals surface area contributed by atoms with Crippen molar-refractivity contribution in [1.29, 1.82) is 0 Å². The van der Waals surface area contributed by atoms with E-state index >= 15 is 0 Å². The SMILES string of the molecule is CCC(O)CNCc1cc(C(F)(F)F)c2oc(-c3cccc(-c4ccc(F)cc4-c4nncn4C)c3)nc2c1. The number of aliphatic hydroxyl groups excluding tert-OH is 1. The molecule has 2 aromatic heterocycles. The molecule has 0 saturated heterocycles. The minimum Gasteiger partial charge on any atom is -0.435 e. The maximum atomic E-state index is 14.2. The maximum absolute atomic E-state index is 14.2. The number of nitrogens with one attached hydrogen (secondary N) is 1. The molecule has 0 saturated carbocycles. The molecule has 2 heterocycles. The molecule has 1 unspecified atom stereocenters. The predicted molar refractivity (Wildman–Crippen MR) is 138 cm³/mol. The molecule has 0 radical (unpaired) electrons. The molecule has 0 spiro atoms. The lowest BCUT2D eigenvalue weighted by molar-refractivity contribution is -0.136. The molecule has 3 aromatic carbocycles. The van der Waals surface area contributed by atoms with Crippen molar-refractivity contribution >= 4 is 11.1 Å². The standard InChI is InChI=1S/C28H25F4N5O2/c1-3-20(38)14-33-13-16-9-23(28(30,31)32)25-24(10-16)35-27(39-25)18-6-4-5-17(11-18)21-8-7-19(29)12-22(21)26-36-34-15-37(26)2/h4-12,15,20,33,38H,3,13-14H2,1-2H3. The Kier molecular flexibility index (Phi) is 7.19. The second kappa shape index (κ2) is 10.6. The van der Waals surface area contributed by atoms with Gasteiger partial charge in [0.25, 0.3) is 0 Å². The van der Waals surface area contributed by atoms with Gasteiger partial charge >= 0.3 is 6.18 Å². The summed E-state index contributed by atoms with van der Waals surface area (Å²) in [5, 5.41) is 20.7. The largest absolute Gasteiger partial charge is 0.435 e. The first-order valence-electron chi connectivity index (χ1n) is 12.3. The Morgan fingerprint density at radius 3 is 2.56 bits per heavy atom. The van der Waals surface area contributed by atoms with Gasteiger partial charge in [-0.1, -0.05) is 25.1 Å². The fourth-order valence-electron chi connectivity index (χ4n) is 4.35. The lowest BCUT2D eigenvalue weighted by Crippen LogP contribution is -2.25. The third-order valence-corrected chi connectivity index (χ3v) is 6.39. The molecule has 202 valence electrons. The van der Waals surface area contributed by atoms with Crippen LogP contribution in [0.5, 0.6) is 0 Å². The van der Waals surface area contributed by atoms with Crippen LogP contribution < -0.4 is 5.32 Å². The summed E-state index contributed by atoms with van der Waals surface area (Å²) in [5.41, 5.74) is 1.44. The summed E-state index contributed by atoms with van der Waals surface area (Å²) in [4.78, 5) is 4.38. The summed E-state index contributed by atoms with van der Waals surface area (Å²) in [5.74, 6) is 0.0337. The van der Waals surface area contributed by atoms with Crippen LogP contribution in [0.4, 0.5) is 17.6 Å².